The van der Waals surface area contributed by atoms with Crippen molar-refractivity contribution < 1.29 is 14.0 Å². The van der Waals surface area contributed by atoms with Gasteiger partial charge in [-0.05, 0) is 31.5 Å². The van der Waals surface area contributed by atoms with Gasteiger partial charge in [-0.25, -0.2) is 0 Å². The Morgan fingerprint density at radius 3 is 2.64 bits per heavy atom. The van der Waals surface area contributed by atoms with Crippen molar-refractivity contribution in [2.45, 2.75) is 31.7 Å². The maximum absolute atomic E-state index is 13.3. The molecule has 2 saturated heterocycles. The first-order valence-corrected chi connectivity index (χ1v) is 9.95. The first kappa shape index (κ1) is 18.3. The number of hydrogen-bond donors (Lipinski definition) is 0. The van der Waals surface area contributed by atoms with Crippen LogP contribution in [0.25, 0.3) is 0 Å². The molecule has 0 aromatic carbocycles. The lowest BCUT2D eigenvalue weighted by molar-refractivity contribution is -0.146. The van der Waals surface area contributed by atoms with Crippen molar-refractivity contribution in [3.05, 3.63) is 24.2 Å². The number of carbonyl (C=O) groups excluding carboxylic acids is 2. The minimum Gasteiger partial charge on any atom is -0.466 e. The van der Waals surface area contributed by atoms with E-state index in [2.05, 4.69) is 25.8 Å². The van der Waals surface area contributed by atoms with Crippen molar-refractivity contribution in [1.82, 2.24) is 14.7 Å². The van der Waals surface area contributed by atoms with Crippen LogP contribution in [0, 0.1) is 5.92 Å². The van der Waals surface area contributed by atoms with Crippen molar-refractivity contribution in [2.24, 2.45) is 5.92 Å². The molecule has 2 aliphatic rings. The highest BCUT2D eigenvalue weighted by Gasteiger charge is 2.43. The van der Waals surface area contributed by atoms with E-state index in [0.717, 1.165) is 31.9 Å². The maximum Gasteiger partial charge on any atom is 0.245 e. The molecule has 1 aromatic heterocycles. The van der Waals surface area contributed by atoms with Gasteiger partial charge < -0.3 is 19.1 Å². The topological polar surface area (TPSA) is 57.0 Å². The third-order valence-electron chi connectivity index (χ3n) is 4.82. The summed E-state index contributed by atoms with van der Waals surface area (Å²) in [6, 6.07) is 3.30. The van der Waals surface area contributed by atoms with Crippen molar-refractivity contribution in [3.8, 4) is 0 Å². The summed E-state index contributed by atoms with van der Waals surface area (Å²) in [4.78, 5) is 31.8. The fourth-order valence-electron chi connectivity index (χ4n) is 3.44. The first-order chi connectivity index (χ1) is 12.0. The van der Waals surface area contributed by atoms with E-state index in [4.69, 9.17) is 4.42 Å². The molecule has 3 rings (SSSR count). The molecule has 0 bridgehead atoms. The Balaban J connectivity index is 1.83. The molecule has 3 heterocycles. The molecule has 0 unspecified atom stereocenters. The molecule has 6 nitrogen and oxygen atoms in total. The predicted molar refractivity (Wildman–Crippen MR) is 98.1 cm³/mol. The molecule has 2 amide bonds. The average Bonchev–Trinajstić information content (AvgIpc) is 3.22. The predicted octanol–water partition coefficient (Wildman–Crippen LogP) is 2.04. The van der Waals surface area contributed by atoms with Gasteiger partial charge in [-0.1, -0.05) is 13.8 Å². The monoisotopic (exact) mass is 365 g/mol. The van der Waals surface area contributed by atoms with Gasteiger partial charge in [0.1, 0.15) is 17.2 Å². The highest BCUT2D eigenvalue weighted by Crippen LogP contribution is 2.41. The van der Waals surface area contributed by atoms with E-state index < -0.39 is 6.04 Å². The number of thioether (sulfide) groups is 1. The summed E-state index contributed by atoms with van der Waals surface area (Å²) in [7, 11) is 2.07. The van der Waals surface area contributed by atoms with Crippen LogP contribution in [0.2, 0.25) is 0 Å². The number of hydrogen-bond acceptors (Lipinski definition) is 5. The molecule has 0 aliphatic carbocycles. The average molecular weight is 365 g/mol. The number of piperazine rings is 1. The highest BCUT2D eigenvalue weighted by molar-refractivity contribution is 8.00. The second-order valence-corrected chi connectivity index (χ2v) is 8.32. The van der Waals surface area contributed by atoms with E-state index >= 15 is 0 Å². The van der Waals surface area contributed by atoms with E-state index in [-0.39, 0.29) is 17.2 Å². The van der Waals surface area contributed by atoms with Gasteiger partial charge in [0, 0.05) is 26.2 Å². The van der Waals surface area contributed by atoms with Crippen LogP contribution >= 0.6 is 11.8 Å². The number of furan rings is 1. The summed E-state index contributed by atoms with van der Waals surface area (Å²) >= 11 is 1.54. The summed E-state index contributed by atoms with van der Waals surface area (Å²) in [6.07, 6.45) is 2.30. The summed E-state index contributed by atoms with van der Waals surface area (Å²) in [5, 5.41) is -0.206. The first-order valence-electron chi connectivity index (χ1n) is 8.91. The smallest absolute Gasteiger partial charge is 0.245 e. The number of amides is 2. The van der Waals surface area contributed by atoms with Crippen molar-refractivity contribution in [1.29, 1.82) is 0 Å². The Kier molecular flexibility index (Phi) is 5.74. The summed E-state index contributed by atoms with van der Waals surface area (Å²) in [5.74, 6) is 1.58. The van der Waals surface area contributed by atoms with Gasteiger partial charge in [-0.3, -0.25) is 9.59 Å². The van der Waals surface area contributed by atoms with Crippen molar-refractivity contribution >= 4 is 23.6 Å². The molecular formula is C18H27N3O3S. The van der Waals surface area contributed by atoms with E-state index in [1.54, 1.807) is 11.2 Å². The fraction of sp³-hybridized carbons (Fsp3) is 0.667. The Morgan fingerprint density at radius 2 is 2.04 bits per heavy atom. The molecular weight excluding hydrogens is 338 g/mol. The molecule has 0 radical (unpaired) electrons. The fourth-order valence-corrected chi connectivity index (χ4v) is 4.61. The Bertz CT molecular complexity index is 597. The minimum absolute atomic E-state index is 0.0273. The molecule has 2 fully saturated rings. The van der Waals surface area contributed by atoms with Crippen LogP contribution in [0.4, 0.5) is 0 Å². The van der Waals surface area contributed by atoms with Gasteiger partial charge in [0.25, 0.3) is 0 Å². The standard InChI is InChI=1S/C18H27N3O3S/c1-13(2)11-14(17(23)20-8-6-19(3)7-9-20)21-16(22)12-25-18(21)15-5-4-10-24-15/h4-5,10,13-14,18H,6-9,11-12H2,1-3H3/t14-,18-/m1/s1. The molecule has 2 atom stereocenters. The molecule has 7 heteroatoms. The van der Waals surface area contributed by atoms with Crippen LogP contribution in [-0.2, 0) is 9.59 Å². The summed E-state index contributed by atoms with van der Waals surface area (Å²) in [5.41, 5.74) is 0. The molecule has 0 saturated carbocycles. The van der Waals surface area contributed by atoms with Gasteiger partial charge >= 0.3 is 0 Å². The molecule has 25 heavy (non-hydrogen) atoms. The van der Waals surface area contributed by atoms with Crippen LogP contribution in [0.15, 0.2) is 22.8 Å². The highest BCUT2D eigenvalue weighted by atomic mass is 32.2. The number of rotatable bonds is 5. The largest absolute Gasteiger partial charge is 0.466 e. The molecule has 0 N–H and O–H groups in total. The zero-order valence-corrected chi connectivity index (χ0v) is 16.0. The Hall–Kier alpha value is -1.47. The molecule has 1 aromatic rings. The molecule has 0 spiro atoms. The number of nitrogens with zero attached hydrogens (tertiary/aromatic N) is 3. The zero-order chi connectivity index (χ0) is 18.0. The van der Waals surface area contributed by atoms with Crippen LogP contribution in [0.5, 0.6) is 0 Å². The van der Waals surface area contributed by atoms with E-state index in [9.17, 15) is 9.59 Å². The normalized spacial score (nSPS) is 23.5. The van der Waals surface area contributed by atoms with Gasteiger partial charge in [-0.2, -0.15) is 0 Å². The van der Waals surface area contributed by atoms with Crippen LogP contribution in [0.3, 0.4) is 0 Å². The lowest BCUT2D eigenvalue weighted by atomic mass is 10.00. The second-order valence-electron chi connectivity index (χ2n) is 7.25. The second kappa shape index (κ2) is 7.83. The third-order valence-corrected chi connectivity index (χ3v) is 6.01. The zero-order valence-electron chi connectivity index (χ0n) is 15.2. The Labute approximate surface area is 153 Å². The van der Waals surface area contributed by atoms with Crippen LogP contribution < -0.4 is 0 Å². The van der Waals surface area contributed by atoms with Gasteiger partial charge in [0.05, 0.1) is 12.0 Å². The van der Waals surface area contributed by atoms with Crippen LogP contribution in [0.1, 0.15) is 31.4 Å². The number of carbonyl (C=O) groups is 2. The van der Waals surface area contributed by atoms with E-state index in [1.807, 2.05) is 17.0 Å². The SMILES string of the molecule is CC(C)C[C@H](C(=O)N1CCN(C)CC1)N1C(=O)CS[C@@H]1c1ccco1. The summed E-state index contributed by atoms with van der Waals surface area (Å²) in [6.45, 7) is 7.41. The number of likely N-dealkylation sites (N-methyl/N-ethyl adjacent to an activating group) is 1. The molecule has 2 aliphatic heterocycles. The third kappa shape index (κ3) is 4.03. The summed E-state index contributed by atoms with van der Waals surface area (Å²) < 4.78 is 5.54. The molecule has 138 valence electrons. The quantitative estimate of drug-likeness (QED) is 0.799. The van der Waals surface area contributed by atoms with Gasteiger partial charge in [0.2, 0.25) is 11.8 Å². The van der Waals surface area contributed by atoms with Crippen LogP contribution in [-0.4, -0.2) is 71.5 Å². The van der Waals surface area contributed by atoms with Gasteiger partial charge in [0.15, 0.2) is 0 Å². The van der Waals surface area contributed by atoms with Gasteiger partial charge in [-0.15, -0.1) is 11.8 Å². The lowest BCUT2D eigenvalue weighted by Gasteiger charge is -2.38. The minimum atomic E-state index is -0.416. The van der Waals surface area contributed by atoms with Crippen molar-refractivity contribution in [2.75, 3.05) is 39.0 Å². The lowest BCUT2D eigenvalue weighted by Crippen LogP contribution is -2.55. The maximum atomic E-state index is 13.3. The van der Waals surface area contributed by atoms with Crippen molar-refractivity contribution in [3.63, 3.8) is 0 Å². The van der Waals surface area contributed by atoms with E-state index in [0.29, 0.717) is 18.1 Å². The van der Waals surface area contributed by atoms with E-state index in [1.165, 1.54) is 11.8 Å². The Morgan fingerprint density at radius 1 is 1.32 bits per heavy atom.